The summed E-state index contributed by atoms with van der Waals surface area (Å²) in [6.45, 7) is 1.50. The van der Waals surface area contributed by atoms with Crippen LogP contribution in [0.3, 0.4) is 0 Å². The Hall–Kier alpha value is -1.91. The molecule has 0 aliphatic carbocycles. The third-order valence-corrected chi connectivity index (χ3v) is 4.46. The second-order valence-corrected chi connectivity index (χ2v) is 5.68. The van der Waals surface area contributed by atoms with Crippen molar-refractivity contribution in [3.05, 3.63) is 52.5 Å². The SMILES string of the molecule is Oc1ccc([C@H]2CNC[C@@H]2c2cccc(O)c2Cl)cc1O. The largest absolute Gasteiger partial charge is 0.506 e. The molecule has 2 aromatic rings. The molecule has 0 bridgehead atoms. The molecule has 1 aliphatic rings. The molecule has 0 amide bonds. The Kier molecular flexibility index (Phi) is 3.66. The molecule has 0 radical (unpaired) electrons. The van der Waals surface area contributed by atoms with E-state index in [1.807, 2.05) is 6.07 Å². The first-order valence-corrected chi connectivity index (χ1v) is 7.15. The van der Waals surface area contributed by atoms with Crippen LogP contribution in [0.15, 0.2) is 36.4 Å². The van der Waals surface area contributed by atoms with Crippen molar-refractivity contribution in [1.82, 2.24) is 5.32 Å². The molecule has 4 N–H and O–H groups in total. The number of halogens is 1. The molecule has 0 saturated carbocycles. The summed E-state index contributed by atoms with van der Waals surface area (Å²) in [6.07, 6.45) is 0. The zero-order valence-electron chi connectivity index (χ0n) is 11.3. The van der Waals surface area contributed by atoms with Crippen molar-refractivity contribution >= 4 is 11.6 Å². The van der Waals surface area contributed by atoms with Crippen LogP contribution in [0.4, 0.5) is 0 Å². The lowest BCUT2D eigenvalue weighted by Crippen LogP contribution is -2.09. The zero-order chi connectivity index (χ0) is 15.0. The highest BCUT2D eigenvalue weighted by atomic mass is 35.5. The van der Waals surface area contributed by atoms with Crippen LogP contribution in [0.2, 0.25) is 5.02 Å². The summed E-state index contributed by atoms with van der Waals surface area (Å²) in [5.74, 6) is 0.0505. The molecule has 1 fully saturated rings. The van der Waals surface area contributed by atoms with Crippen LogP contribution < -0.4 is 5.32 Å². The van der Waals surface area contributed by atoms with E-state index in [0.717, 1.165) is 24.2 Å². The molecular formula is C16H16ClNO3. The first kappa shape index (κ1) is 14.0. The molecule has 3 rings (SSSR count). The van der Waals surface area contributed by atoms with Gasteiger partial charge in [-0.3, -0.25) is 0 Å². The second kappa shape index (κ2) is 5.47. The number of benzene rings is 2. The number of nitrogens with one attached hydrogen (secondary N) is 1. The maximum Gasteiger partial charge on any atom is 0.157 e. The fraction of sp³-hybridized carbons (Fsp3) is 0.250. The van der Waals surface area contributed by atoms with Gasteiger partial charge in [0, 0.05) is 24.9 Å². The number of phenols is 3. The predicted octanol–water partition coefficient (Wildman–Crippen LogP) is 2.93. The minimum Gasteiger partial charge on any atom is -0.506 e. The lowest BCUT2D eigenvalue weighted by Gasteiger charge is -2.21. The van der Waals surface area contributed by atoms with E-state index in [-0.39, 0.29) is 29.1 Å². The third-order valence-electron chi connectivity index (χ3n) is 4.05. The molecule has 4 nitrogen and oxygen atoms in total. The highest BCUT2D eigenvalue weighted by molar-refractivity contribution is 6.32. The summed E-state index contributed by atoms with van der Waals surface area (Å²) in [7, 11) is 0. The van der Waals surface area contributed by atoms with Crippen LogP contribution in [-0.4, -0.2) is 28.4 Å². The Morgan fingerprint density at radius 3 is 2.43 bits per heavy atom. The Morgan fingerprint density at radius 1 is 0.905 bits per heavy atom. The molecule has 21 heavy (non-hydrogen) atoms. The highest BCUT2D eigenvalue weighted by Gasteiger charge is 2.32. The topological polar surface area (TPSA) is 72.7 Å². The van der Waals surface area contributed by atoms with E-state index in [1.165, 1.54) is 6.07 Å². The molecule has 0 spiro atoms. The molecule has 5 heteroatoms. The summed E-state index contributed by atoms with van der Waals surface area (Å²) >= 11 is 6.22. The number of hydrogen-bond donors (Lipinski definition) is 4. The van der Waals surface area contributed by atoms with Crippen molar-refractivity contribution in [1.29, 1.82) is 0 Å². The van der Waals surface area contributed by atoms with E-state index in [4.69, 9.17) is 11.6 Å². The van der Waals surface area contributed by atoms with E-state index < -0.39 is 0 Å². The summed E-state index contributed by atoms with van der Waals surface area (Å²) in [4.78, 5) is 0. The molecule has 1 aliphatic heterocycles. The molecule has 110 valence electrons. The lowest BCUT2D eigenvalue weighted by atomic mass is 9.84. The molecule has 0 aromatic heterocycles. The van der Waals surface area contributed by atoms with Gasteiger partial charge < -0.3 is 20.6 Å². The highest BCUT2D eigenvalue weighted by Crippen LogP contribution is 2.42. The summed E-state index contributed by atoms with van der Waals surface area (Å²) in [5.41, 5.74) is 1.82. The second-order valence-electron chi connectivity index (χ2n) is 5.30. The maximum atomic E-state index is 9.77. The van der Waals surface area contributed by atoms with Gasteiger partial charge in [0.15, 0.2) is 11.5 Å². The van der Waals surface area contributed by atoms with Gasteiger partial charge in [-0.05, 0) is 29.3 Å². The van der Waals surface area contributed by atoms with Crippen molar-refractivity contribution in [2.45, 2.75) is 11.8 Å². The molecule has 1 heterocycles. The van der Waals surface area contributed by atoms with Gasteiger partial charge in [0.25, 0.3) is 0 Å². The van der Waals surface area contributed by atoms with Gasteiger partial charge in [-0.25, -0.2) is 0 Å². The van der Waals surface area contributed by atoms with Crippen LogP contribution >= 0.6 is 11.6 Å². The quantitative estimate of drug-likeness (QED) is 0.644. The van der Waals surface area contributed by atoms with Gasteiger partial charge in [-0.15, -0.1) is 0 Å². The molecule has 0 unspecified atom stereocenters. The van der Waals surface area contributed by atoms with E-state index in [2.05, 4.69) is 5.32 Å². The predicted molar refractivity (Wildman–Crippen MR) is 81.2 cm³/mol. The zero-order valence-corrected chi connectivity index (χ0v) is 12.0. The van der Waals surface area contributed by atoms with Crippen molar-refractivity contribution < 1.29 is 15.3 Å². The number of phenolic OH excluding ortho intramolecular Hbond substituents is 3. The molecule has 2 aromatic carbocycles. The van der Waals surface area contributed by atoms with E-state index in [0.29, 0.717) is 5.02 Å². The Bertz CT molecular complexity index is 675. The van der Waals surface area contributed by atoms with Gasteiger partial charge >= 0.3 is 0 Å². The van der Waals surface area contributed by atoms with Gasteiger partial charge in [0.1, 0.15) is 5.75 Å². The van der Waals surface area contributed by atoms with E-state index in [9.17, 15) is 15.3 Å². The number of hydrogen-bond acceptors (Lipinski definition) is 4. The van der Waals surface area contributed by atoms with Crippen LogP contribution in [0, 0.1) is 0 Å². The van der Waals surface area contributed by atoms with E-state index in [1.54, 1.807) is 24.3 Å². The van der Waals surface area contributed by atoms with Gasteiger partial charge in [0.05, 0.1) is 5.02 Å². The monoisotopic (exact) mass is 305 g/mol. The van der Waals surface area contributed by atoms with Crippen molar-refractivity contribution in [2.24, 2.45) is 0 Å². The maximum absolute atomic E-state index is 9.77. The van der Waals surface area contributed by atoms with Gasteiger partial charge in [-0.1, -0.05) is 29.8 Å². The smallest absolute Gasteiger partial charge is 0.157 e. The number of rotatable bonds is 2. The average molecular weight is 306 g/mol. The average Bonchev–Trinajstić information content (AvgIpc) is 2.94. The summed E-state index contributed by atoms with van der Waals surface area (Å²) < 4.78 is 0. The van der Waals surface area contributed by atoms with E-state index >= 15 is 0 Å². The normalized spacial score (nSPS) is 21.6. The fourth-order valence-electron chi connectivity index (χ4n) is 2.95. The summed E-state index contributed by atoms with van der Waals surface area (Å²) in [6, 6.07) is 10.1. The minimum atomic E-state index is -0.128. The lowest BCUT2D eigenvalue weighted by molar-refractivity contribution is 0.402. The van der Waals surface area contributed by atoms with Crippen LogP contribution in [0.5, 0.6) is 17.2 Å². The van der Waals surface area contributed by atoms with Gasteiger partial charge in [-0.2, -0.15) is 0 Å². The van der Waals surface area contributed by atoms with Crippen LogP contribution in [-0.2, 0) is 0 Å². The Balaban J connectivity index is 1.99. The minimum absolute atomic E-state index is 0.0772. The summed E-state index contributed by atoms with van der Waals surface area (Å²) in [5, 5.41) is 32.6. The Labute approximate surface area is 127 Å². The van der Waals surface area contributed by atoms with Crippen molar-refractivity contribution in [3.63, 3.8) is 0 Å². The first-order valence-electron chi connectivity index (χ1n) is 6.78. The van der Waals surface area contributed by atoms with Crippen molar-refractivity contribution in [3.8, 4) is 17.2 Å². The number of aromatic hydroxyl groups is 3. The Morgan fingerprint density at radius 2 is 1.67 bits per heavy atom. The van der Waals surface area contributed by atoms with Crippen LogP contribution in [0.25, 0.3) is 0 Å². The first-order chi connectivity index (χ1) is 10.1. The fourth-order valence-corrected chi connectivity index (χ4v) is 3.22. The van der Waals surface area contributed by atoms with Crippen LogP contribution in [0.1, 0.15) is 23.0 Å². The molecule has 2 atom stereocenters. The van der Waals surface area contributed by atoms with Gasteiger partial charge in [0.2, 0.25) is 0 Å². The standard InChI is InChI=1S/C16H16ClNO3/c17-16-10(2-1-3-14(16)20)12-8-18-7-11(12)9-4-5-13(19)15(21)6-9/h1-6,11-12,18-21H,7-8H2/t11-,12-/m1/s1. The third kappa shape index (κ3) is 2.52. The molecule has 1 saturated heterocycles. The van der Waals surface area contributed by atoms with Crippen molar-refractivity contribution in [2.75, 3.05) is 13.1 Å². The molecular weight excluding hydrogens is 290 g/mol.